The summed E-state index contributed by atoms with van der Waals surface area (Å²) >= 11 is 0. The van der Waals surface area contributed by atoms with Crippen LogP contribution in [0.25, 0.3) is 0 Å². The molecule has 0 aromatic heterocycles. The van der Waals surface area contributed by atoms with Crippen LogP contribution in [0.1, 0.15) is 18.1 Å². The lowest BCUT2D eigenvalue weighted by atomic mass is 10.1. The fourth-order valence-corrected chi connectivity index (χ4v) is 2.45. The molecule has 0 radical (unpaired) electrons. The number of rotatable bonds is 7. The van der Waals surface area contributed by atoms with Crippen molar-refractivity contribution >= 4 is 5.91 Å². The molecule has 1 amide bonds. The Morgan fingerprint density at radius 1 is 1.15 bits per heavy atom. The Labute approximate surface area is 152 Å². The number of benzene rings is 2. The first-order chi connectivity index (χ1) is 12.6. The second-order valence-electron chi connectivity index (χ2n) is 6.06. The number of amides is 1. The highest BCUT2D eigenvalue weighted by Crippen LogP contribution is 2.32. The standard InChI is InChI=1S/C20H22N2O4/c1-14-4-3-5-17(10-14)24-12-20(23)22-21-15(2)6-7-16-8-9-18-19(11-16)26-13-25-18/h3-6,8-11,21H,7,12-13H2,1-2H3,(H,22,23)/b15-6+. The summed E-state index contributed by atoms with van der Waals surface area (Å²) in [6.45, 7) is 4.08. The van der Waals surface area contributed by atoms with Gasteiger partial charge < -0.3 is 19.6 Å². The quantitative estimate of drug-likeness (QED) is 0.749. The maximum absolute atomic E-state index is 11.9. The van der Waals surface area contributed by atoms with Gasteiger partial charge >= 0.3 is 0 Å². The number of hydrazine groups is 1. The highest BCUT2D eigenvalue weighted by atomic mass is 16.7. The van der Waals surface area contributed by atoms with Crippen molar-refractivity contribution in [2.45, 2.75) is 20.3 Å². The monoisotopic (exact) mass is 354 g/mol. The van der Waals surface area contributed by atoms with Crippen molar-refractivity contribution in [2.24, 2.45) is 0 Å². The van der Waals surface area contributed by atoms with E-state index in [-0.39, 0.29) is 19.3 Å². The first-order valence-corrected chi connectivity index (χ1v) is 8.40. The number of aryl methyl sites for hydroxylation is 1. The fraction of sp³-hybridized carbons (Fsp3) is 0.250. The molecule has 6 heteroatoms. The number of fused-ring (bicyclic) bond motifs is 1. The Morgan fingerprint density at radius 2 is 2.00 bits per heavy atom. The molecule has 2 aromatic carbocycles. The van der Waals surface area contributed by atoms with Gasteiger partial charge in [-0.05, 0) is 55.7 Å². The molecule has 0 spiro atoms. The second kappa shape index (κ2) is 8.29. The summed E-state index contributed by atoms with van der Waals surface area (Å²) in [4.78, 5) is 11.9. The Kier molecular flexibility index (Phi) is 5.63. The molecule has 136 valence electrons. The SMILES string of the molecule is C/C(=C\Cc1ccc2c(c1)OCO2)NNC(=O)COc1cccc(C)c1. The van der Waals surface area contributed by atoms with Crippen LogP contribution >= 0.6 is 0 Å². The molecule has 1 heterocycles. The van der Waals surface area contributed by atoms with Gasteiger partial charge in [0, 0.05) is 5.70 Å². The minimum atomic E-state index is -0.248. The molecule has 3 rings (SSSR count). The zero-order chi connectivity index (χ0) is 18.4. The van der Waals surface area contributed by atoms with Crippen molar-refractivity contribution in [2.75, 3.05) is 13.4 Å². The largest absolute Gasteiger partial charge is 0.484 e. The third-order valence-corrected chi connectivity index (χ3v) is 3.84. The van der Waals surface area contributed by atoms with Gasteiger partial charge in [-0.2, -0.15) is 0 Å². The van der Waals surface area contributed by atoms with Crippen molar-refractivity contribution in [1.82, 2.24) is 10.9 Å². The van der Waals surface area contributed by atoms with Crippen LogP contribution in [0.15, 0.2) is 54.2 Å². The van der Waals surface area contributed by atoms with Crippen LogP contribution in [0, 0.1) is 6.92 Å². The van der Waals surface area contributed by atoms with Crippen molar-refractivity contribution in [3.8, 4) is 17.2 Å². The van der Waals surface area contributed by atoms with Crippen LogP contribution in [0.2, 0.25) is 0 Å². The van der Waals surface area contributed by atoms with Gasteiger partial charge in [0.25, 0.3) is 5.91 Å². The van der Waals surface area contributed by atoms with E-state index >= 15 is 0 Å². The molecule has 0 saturated carbocycles. The van der Waals surface area contributed by atoms with Gasteiger partial charge in [-0.15, -0.1) is 0 Å². The Bertz CT molecular complexity index is 817. The van der Waals surface area contributed by atoms with E-state index in [4.69, 9.17) is 14.2 Å². The van der Waals surface area contributed by atoms with E-state index in [2.05, 4.69) is 10.9 Å². The second-order valence-corrected chi connectivity index (χ2v) is 6.06. The number of nitrogens with one attached hydrogen (secondary N) is 2. The molecule has 6 nitrogen and oxygen atoms in total. The van der Waals surface area contributed by atoms with E-state index in [0.717, 1.165) is 28.3 Å². The molecular formula is C20H22N2O4. The van der Waals surface area contributed by atoms with Gasteiger partial charge in [0.15, 0.2) is 18.1 Å². The molecule has 0 aliphatic carbocycles. The number of hydrogen-bond donors (Lipinski definition) is 2. The molecule has 2 N–H and O–H groups in total. The summed E-state index contributed by atoms with van der Waals surface area (Å²) in [6.07, 6.45) is 2.70. The summed E-state index contributed by atoms with van der Waals surface area (Å²) in [7, 11) is 0. The molecule has 0 fully saturated rings. The normalized spacial score (nSPS) is 12.6. The van der Waals surface area contributed by atoms with Crippen LogP contribution in [0.4, 0.5) is 0 Å². The molecule has 1 aliphatic heterocycles. The lowest BCUT2D eigenvalue weighted by Gasteiger charge is -2.10. The number of hydrogen-bond acceptors (Lipinski definition) is 5. The van der Waals surface area contributed by atoms with Crippen molar-refractivity contribution in [3.05, 3.63) is 65.4 Å². The summed E-state index contributed by atoms with van der Waals surface area (Å²) in [5, 5.41) is 0. The number of carbonyl (C=O) groups is 1. The van der Waals surface area contributed by atoms with Gasteiger partial charge in [0.05, 0.1) is 0 Å². The number of carbonyl (C=O) groups excluding carboxylic acids is 1. The van der Waals surface area contributed by atoms with Crippen molar-refractivity contribution in [1.29, 1.82) is 0 Å². The first kappa shape index (κ1) is 17.7. The summed E-state index contributed by atoms with van der Waals surface area (Å²) in [6, 6.07) is 13.4. The minimum Gasteiger partial charge on any atom is -0.484 e. The molecule has 0 atom stereocenters. The maximum Gasteiger partial charge on any atom is 0.276 e. The Morgan fingerprint density at radius 3 is 2.85 bits per heavy atom. The zero-order valence-corrected chi connectivity index (χ0v) is 14.9. The van der Waals surface area contributed by atoms with Gasteiger partial charge in [-0.3, -0.25) is 10.2 Å². The predicted octanol–water partition coefficient (Wildman–Crippen LogP) is 2.87. The summed E-state index contributed by atoms with van der Waals surface area (Å²) < 4.78 is 16.1. The van der Waals surface area contributed by atoms with E-state index in [1.807, 2.05) is 62.4 Å². The zero-order valence-electron chi connectivity index (χ0n) is 14.9. The molecule has 0 saturated heterocycles. The minimum absolute atomic E-state index is 0.0497. The van der Waals surface area contributed by atoms with Gasteiger partial charge in [-0.1, -0.05) is 24.3 Å². The lowest BCUT2D eigenvalue weighted by Crippen LogP contribution is -2.39. The molecular weight excluding hydrogens is 332 g/mol. The van der Waals surface area contributed by atoms with E-state index in [1.54, 1.807) is 0 Å². The summed E-state index contributed by atoms with van der Waals surface area (Å²) in [5.74, 6) is 1.97. The molecule has 1 aliphatic rings. The van der Waals surface area contributed by atoms with Gasteiger partial charge in [0.2, 0.25) is 6.79 Å². The predicted molar refractivity (Wildman–Crippen MR) is 98.0 cm³/mol. The fourth-order valence-electron chi connectivity index (χ4n) is 2.45. The van der Waals surface area contributed by atoms with E-state index in [9.17, 15) is 4.79 Å². The van der Waals surface area contributed by atoms with Crippen molar-refractivity contribution in [3.63, 3.8) is 0 Å². The van der Waals surface area contributed by atoms with Gasteiger partial charge in [0.1, 0.15) is 5.75 Å². The molecule has 2 aromatic rings. The third-order valence-electron chi connectivity index (χ3n) is 3.84. The maximum atomic E-state index is 11.9. The number of ether oxygens (including phenoxy) is 3. The number of allylic oxidation sites excluding steroid dienone is 2. The van der Waals surface area contributed by atoms with Crippen LogP contribution < -0.4 is 25.1 Å². The highest BCUT2D eigenvalue weighted by molar-refractivity contribution is 5.77. The van der Waals surface area contributed by atoms with Crippen LogP contribution in [0.3, 0.4) is 0 Å². The van der Waals surface area contributed by atoms with Crippen LogP contribution in [0.5, 0.6) is 17.2 Å². The van der Waals surface area contributed by atoms with Crippen LogP contribution in [-0.2, 0) is 11.2 Å². The molecule has 0 bridgehead atoms. The van der Waals surface area contributed by atoms with Gasteiger partial charge in [-0.25, -0.2) is 0 Å². The Balaban J connectivity index is 1.42. The van der Waals surface area contributed by atoms with E-state index in [1.165, 1.54) is 0 Å². The smallest absolute Gasteiger partial charge is 0.276 e. The van der Waals surface area contributed by atoms with Crippen LogP contribution in [-0.4, -0.2) is 19.3 Å². The average Bonchev–Trinajstić information content (AvgIpc) is 3.11. The topological polar surface area (TPSA) is 68.8 Å². The molecule has 26 heavy (non-hydrogen) atoms. The molecule has 0 unspecified atom stereocenters. The first-order valence-electron chi connectivity index (χ1n) is 8.40. The third kappa shape index (κ3) is 4.92. The Hall–Kier alpha value is -3.15. The summed E-state index contributed by atoms with van der Waals surface area (Å²) in [5.41, 5.74) is 8.52. The van der Waals surface area contributed by atoms with E-state index in [0.29, 0.717) is 12.2 Å². The lowest BCUT2D eigenvalue weighted by molar-refractivity contribution is -0.123. The highest BCUT2D eigenvalue weighted by Gasteiger charge is 2.12. The van der Waals surface area contributed by atoms with E-state index < -0.39 is 0 Å². The average molecular weight is 354 g/mol. The van der Waals surface area contributed by atoms with Crippen molar-refractivity contribution < 1.29 is 19.0 Å².